The fourth-order valence-electron chi connectivity index (χ4n) is 0.597. The number of carbonyl (C=O) groups excluding carboxylic acids is 1. The van der Waals surface area contributed by atoms with E-state index in [4.69, 9.17) is 10.5 Å². The summed E-state index contributed by atoms with van der Waals surface area (Å²) in [6, 6.07) is 0. The molecule has 4 nitrogen and oxygen atoms in total. The molecule has 0 rings (SSSR count). The third-order valence-corrected chi connectivity index (χ3v) is 1.54. The zero-order chi connectivity index (χ0) is 15.9. The standard InChI is InChI=1S/C9H18FNO2.C4H10FN.ClH/c1-8(2,3)13-7(12)11-6-9(4,5)10;1-4(2,5)3-6;/h6H2,1-5H3,(H,11,12);3,6H2,1-2H3;1H. The van der Waals surface area contributed by atoms with Crippen LogP contribution in [0.3, 0.4) is 0 Å². The van der Waals surface area contributed by atoms with Gasteiger partial charge in [-0.25, -0.2) is 13.6 Å². The Morgan fingerprint density at radius 2 is 1.40 bits per heavy atom. The predicted molar refractivity (Wildman–Crippen MR) is 80.9 cm³/mol. The lowest BCUT2D eigenvalue weighted by atomic mass is 10.2. The number of rotatable bonds is 3. The van der Waals surface area contributed by atoms with Crippen molar-refractivity contribution in [1.82, 2.24) is 5.32 Å². The molecule has 3 N–H and O–H groups in total. The molecule has 20 heavy (non-hydrogen) atoms. The molecule has 1 amide bonds. The van der Waals surface area contributed by atoms with Gasteiger partial charge in [0.15, 0.2) is 0 Å². The summed E-state index contributed by atoms with van der Waals surface area (Å²) in [5.74, 6) is 0. The van der Waals surface area contributed by atoms with Crippen LogP contribution < -0.4 is 11.1 Å². The third kappa shape index (κ3) is 26.0. The molecular weight excluding hydrogens is 290 g/mol. The molecule has 0 heterocycles. The summed E-state index contributed by atoms with van der Waals surface area (Å²) in [6.07, 6.45) is -0.585. The maximum absolute atomic E-state index is 12.9. The van der Waals surface area contributed by atoms with Crippen LogP contribution in [0.1, 0.15) is 48.5 Å². The van der Waals surface area contributed by atoms with Crippen LogP contribution in [0.4, 0.5) is 13.6 Å². The van der Waals surface area contributed by atoms with E-state index in [0.29, 0.717) is 0 Å². The van der Waals surface area contributed by atoms with Gasteiger partial charge in [0, 0.05) is 6.54 Å². The lowest BCUT2D eigenvalue weighted by molar-refractivity contribution is 0.0492. The molecule has 0 aromatic heterocycles. The molecule has 0 aromatic rings. The lowest BCUT2D eigenvalue weighted by Gasteiger charge is -2.21. The molecule has 0 unspecified atom stereocenters. The van der Waals surface area contributed by atoms with Gasteiger partial charge in [-0.15, -0.1) is 12.4 Å². The smallest absolute Gasteiger partial charge is 0.407 e. The molecular formula is C13H29ClF2N2O2. The molecule has 0 radical (unpaired) electrons. The van der Waals surface area contributed by atoms with E-state index in [2.05, 4.69) is 5.32 Å². The molecule has 0 aliphatic rings. The topological polar surface area (TPSA) is 64.3 Å². The first-order chi connectivity index (χ1) is 8.16. The number of nitrogens with one attached hydrogen (secondary N) is 1. The van der Waals surface area contributed by atoms with Crippen LogP contribution in [-0.2, 0) is 4.74 Å². The quantitative estimate of drug-likeness (QED) is 0.838. The minimum absolute atomic E-state index is 0. The molecule has 0 atom stereocenters. The number of alkyl carbamates (subject to hydrolysis) is 1. The van der Waals surface area contributed by atoms with Crippen LogP contribution in [0.5, 0.6) is 0 Å². The Bertz CT molecular complexity index is 269. The van der Waals surface area contributed by atoms with Gasteiger partial charge in [0.2, 0.25) is 0 Å². The molecule has 124 valence electrons. The second-order valence-electron chi connectivity index (χ2n) is 6.50. The SMILES string of the molecule is CC(C)(F)CN.CC(C)(F)CNC(=O)OC(C)(C)C.Cl. The Balaban J connectivity index is -0.000000352. The molecule has 0 aliphatic heterocycles. The second-order valence-corrected chi connectivity index (χ2v) is 6.50. The number of carbonyl (C=O) groups is 1. The Labute approximate surface area is 127 Å². The zero-order valence-corrected chi connectivity index (χ0v) is 14.3. The van der Waals surface area contributed by atoms with E-state index < -0.39 is 23.0 Å². The van der Waals surface area contributed by atoms with Crippen LogP contribution in [0.2, 0.25) is 0 Å². The summed E-state index contributed by atoms with van der Waals surface area (Å²) < 4.78 is 29.8. The Hall–Kier alpha value is -0.620. The molecule has 7 heteroatoms. The molecule has 0 fully saturated rings. The van der Waals surface area contributed by atoms with Crippen LogP contribution in [0.25, 0.3) is 0 Å². The van der Waals surface area contributed by atoms with Crippen LogP contribution in [-0.4, -0.2) is 36.1 Å². The number of hydrogen-bond donors (Lipinski definition) is 2. The van der Waals surface area contributed by atoms with Gasteiger partial charge >= 0.3 is 6.09 Å². The van der Waals surface area contributed by atoms with Crippen molar-refractivity contribution in [2.45, 2.75) is 65.4 Å². The van der Waals surface area contributed by atoms with E-state index in [0.717, 1.165) is 0 Å². The van der Waals surface area contributed by atoms with E-state index >= 15 is 0 Å². The minimum atomic E-state index is -1.41. The number of ether oxygens (including phenoxy) is 1. The van der Waals surface area contributed by atoms with Crippen molar-refractivity contribution >= 4 is 18.5 Å². The summed E-state index contributed by atoms with van der Waals surface area (Å²) in [7, 11) is 0. The largest absolute Gasteiger partial charge is 0.444 e. The normalized spacial score (nSPS) is 11.7. The third-order valence-electron chi connectivity index (χ3n) is 1.54. The fraction of sp³-hybridized carbons (Fsp3) is 0.923. The van der Waals surface area contributed by atoms with Crippen molar-refractivity contribution in [2.24, 2.45) is 5.73 Å². The summed E-state index contributed by atoms with van der Waals surface area (Å²) in [6.45, 7) is 11.0. The summed E-state index contributed by atoms with van der Waals surface area (Å²) in [4.78, 5) is 11.0. The molecule has 0 saturated carbocycles. The lowest BCUT2D eigenvalue weighted by Crippen LogP contribution is -2.38. The van der Waals surface area contributed by atoms with Gasteiger partial charge in [0.05, 0.1) is 6.54 Å². The number of amides is 1. The van der Waals surface area contributed by atoms with Crippen molar-refractivity contribution in [3.63, 3.8) is 0 Å². The average molecular weight is 319 g/mol. The second kappa shape index (κ2) is 9.34. The van der Waals surface area contributed by atoms with Gasteiger partial charge < -0.3 is 15.8 Å². The maximum Gasteiger partial charge on any atom is 0.407 e. The first-order valence-corrected chi connectivity index (χ1v) is 6.21. The highest BCUT2D eigenvalue weighted by Gasteiger charge is 2.20. The van der Waals surface area contributed by atoms with Crippen molar-refractivity contribution in [1.29, 1.82) is 0 Å². The number of hydrogen-bond acceptors (Lipinski definition) is 3. The van der Waals surface area contributed by atoms with E-state index in [-0.39, 0.29) is 25.5 Å². The van der Waals surface area contributed by atoms with Crippen molar-refractivity contribution < 1.29 is 18.3 Å². The Morgan fingerprint density at radius 3 is 1.60 bits per heavy atom. The minimum Gasteiger partial charge on any atom is -0.444 e. The average Bonchev–Trinajstić information content (AvgIpc) is 2.11. The van der Waals surface area contributed by atoms with E-state index in [1.165, 1.54) is 27.7 Å². The first kappa shape index (κ1) is 24.4. The summed E-state index contributed by atoms with van der Waals surface area (Å²) in [5, 5.41) is 2.34. The number of alkyl halides is 2. The van der Waals surface area contributed by atoms with E-state index in [1.807, 2.05) is 0 Å². The molecule has 0 aliphatic carbocycles. The predicted octanol–water partition coefficient (Wildman–Crippen LogP) is 3.37. The van der Waals surface area contributed by atoms with Crippen molar-refractivity contribution in [3.05, 3.63) is 0 Å². The highest BCUT2D eigenvalue weighted by atomic mass is 35.5. The Kier molecular flexibility index (Phi) is 11.4. The van der Waals surface area contributed by atoms with E-state index in [9.17, 15) is 13.6 Å². The fourth-order valence-corrected chi connectivity index (χ4v) is 0.597. The summed E-state index contributed by atoms with van der Waals surface area (Å²) >= 11 is 0. The van der Waals surface area contributed by atoms with Gasteiger partial charge in [-0.3, -0.25) is 0 Å². The van der Waals surface area contributed by atoms with Crippen molar-refractivity contribution in [2.75, 3.05) is 13.1 Å². The first-order valence-electron chi connectivity index (χ1n) is 6.21. The number of nitrogens with two attached hydrogens (primary N) is 1. The Morgan fingerprint density at radius 1 is 1.05 bits per heavy atom. The van der Waals surface area contributed by atoms with Gasteiger partial charge in [0.25, 0.3) is 0 Å². The molecule has 0 bridgehead atoms. The molecule has 0 saturated heterocycles. The van der Waals surface area contributed by atoms with Crippen LogP contribution in [0.15, 0.2) is 0 Å². The van der Waals surface area contributed by atoms with Gasteiger partial charge in [-0.1, -0.05) is 0 Å². The molecule has 0 spiro atoms. The van der Waals surface area contributed by atoms with Crippen LogP contribution in [0, 0.1) is 0 Å². The molecule has 0 aromatic carbocycles. The highest BCUT2D eigenvalue weighted by molar-refractivity contribution is 5.85. The zero-order valence-electron chi connectivity index (χ0n) is 13.5. The van der Waals surface area contributed by atoms with Crippen molar-refractivity contribution in [3.8, 4) is 0 Å². The maximum atomic E-state index is 12.9. The van der Waals surface area contributed by atoms with Gasteiger partial charge in [0.1, 0.15) is 16.9 Å². The monoisotopic (exact) mass is 318 g/mol. The van der Waals surface area contributed by atoms with Gasteiger partial charge in [-0.05, 0) is 48.5 Å². The summed E-state index contributed by atoms with van der Waals surface area (Å²) in [5.41, 5.74) is 1.81. The van der Waals surface area contributed by atoms with E-state index in [1.54, 1.807) is 20.8 Å². The number of halogens is 3. The highest BCUT2D eigenvalue weighted by Crippen LogP contribution is 2.08. The van der Waals surface area contributed by atoms with Crippen LogP contribution >= 0.6 is 12.4 Å². The van der Waals surface area contributed by atoms with Gasteiger partial charge in [-0.2, -0.15) is 0 Å².